The summed E-state index contributed by atoms with van der Waals surface area (Å²) in [6.07, 6.45) is 7.68. The maximum absolute atomic E-state index is 10.5. The fourth-order valence-corrected chi connectivity index (χ4v) is 4.14. The van der Waals surface area contributed by atoms with Gasteiger partial charge in [-0.3, -0.25) is 0 Å². The maximum atomic E-state index is 10.5. The zero-order valence-electron chi connectivity index (χ0n) is 11.4. The van der Waals surface area contributed by atoms with Crippen molar-refractivity contribution in [1.29, 1.82) is 0 Å². The molecule has 0 aromatic heterocycles. The van der Waals surface area contributed by atoms with Crippen molar-refractivity contribution >= 4 is 0 Å². The fourth-order valence-electron chi connectivity index (χ4n) is 4.14. The predicted octanol–water partition coefficient (Wildman–Crippen LogP) is 2.89. The van der Waals surface area contributed by atoms with Crippen LogP contribution in [0.1, 0.15) is 52.9 Å². The predicted molar refractivity (Wildman–Crippen MR) is 69.6 cm³/mol. The molecule has 0 heterocycles. The number of aliphatic hydroxyl groups is 2. The average Bonchev–Trinajstić information content (AvgIpc) is 2.77. The molecule has 2 aliphatic rings. The summed E-state index contributed by atoms with van der Waals surface area (Å²) >= 11 is 0. The molecular formula is C15H26O2. The summed E-state index contributed by atoms with van der Waals surface area (Å²) in [5, 5.41) is 19.5. The highest BCUT2D eigenvalue weighted by atomic mass is 16.3. The summed E-state index contributed by atoms with van der Waals surface area (Å²) in [7, 11) is 0. The van der Waals surface area contributed by atoms with Crippen molar-refractivity contribution in [3.8, 4) is 0 Å². The van der Waals surface area contributed by atoms with Crippen LogP contribution in [0.4, 0.5) is 0 Å². The van der Waals surface area contributed by atoms with Gasteiger partial charge in [-0.2, -0.15) is 0 Å². The van der Waals surface area contributed by atoms with E-state index in [0.717, 1.165) is 18.4 Å². The van der Waals surface area contributed by atoms with E-state index in [1.54, 1.807) is 0 Å². The summed E-state index contributed by atoms with van der Waals surface area (Å²) in [5.74, 6) is 0.699. The molecule has 2 fully saturated rings. The van der Waals surface area contributed by atoms with E-state index in [4.69, 9.17) is 5.11 Å². The van der Waals surface area contributed by atoms with Crippen LogP contribution >= 0.6 is 0 Å². The highest BCUT2D eigenvalue weighted by Gasteiger charge is 2.60. The molecule has 17 heavy (non-hydrogen) atoms. The molecule has 2 nitrogen and oxygen atoms in total. The summed E-state index contributed by atoms with van der Waals surface area (Å²) in [6, 6.07) is 0. The molecule has 0 saturated heterocycles. The van der Waals surface area contributed by atoms with Crippen LogP contribution in [0, 0.1) is 16.7 Å². The highest BCUT2D eigenvalue weighted by molar-refractivity contribution is 5.11. The Morgan fingerprint density at radius 1 is 1.41 bits per heavy atom. The molecule has 2 aliphatic carbocycles. The molecule has 4 atom stereocenters. The standard InChI is InChI=1S/C15H26O2/c1-11(10-16)5-4-7-15(3)12-6-8-14(2,9-12)13(15)17/h5,12-13,16-17H,4,6-10H2,1-3H3/t12?,13-,14-,15-/m0/s1. The fraction of sp³-hybridized carbons (Fsp3) is 0.867. The number of fused-ring (bicyclic) bond motifs is 2. The van der Waals surface area contributed by atoms with Crippen molar-refractivity contribution in [1.82, 2.24) is 0 Å². The largest absolute Gasteiger partial charge is 0.392 e. The molecule has 0 aromatic carbocycles. The minimum absolute atomic E-state index is 0.0965. The quantitative estimate of drug-likeness (QED) is 0.739. The number of hydrogen-bond donors (Lipinski definition) is 2. The second-order valence-corrected chi connectivity index (χ2v) is 6.75. The summed E-state index contributed by atoms with van der Waals surface area (Å²) in [5.41, 5.74) is 1.31. The molecule has 2 bridgehead atoms. The van der Waals surface area contributed by atoms with Crippen molar-refractivity contribution in [3.05, 3.63) is 11.6 Å². The van der Waals surface area contributed by atoms with Gasteiger partial charge in [-0.05, 0) is 55.8 Å². The van der Waals surface area contributed by atoms with Crippen molar-refractivity contribution < 1.29 is 10.2 Å². The van der Waals surface area contributed by atoms with Crippen LogP contribution in [0.3, 0.4) is 0 Å². The summed E-state index contributed by atoms with van der Waals surface area (Å²) < 4.78 is 0. The van der Waals surface area contributed by atoms with E-state index >= 15 is 0 Å². The number of aliphatic hydroxyl groups excluding tert-OH is 2. The van der Waals surface area contributed by atoms with Gasteiger partial charge in [0.15, 0.2) is 0 Å². The SMILES string of the molecule is CC(=CCC[C@@]1(C)C2CC[C@@](C)(C2)[C@@H]1O)CO. The molecule has 2 saturated carbocycles. The monoisotopic (exact) mass is 238 g/mol. The zero-order valence-corrected chi connectivity index (χ0v) is 11.4. The third kappa shape index (κ3) is 2.06. The van der Waals surface area contributed by atoms with Gasteiger partial charge in [0.05, 0.1) is 12.7 Å². The molecule has 98 valence electrons. The molecular weight excluding hydrogens is 212 g/mol. The Labute approximate surface area is 105 Å². The van der Waals surface area contributed by atoms with Gasteiger partial charge in [0.2, 0.25) is 0 Å². The first-order valence-electron chi connectivity index (χ1n) is 6.87. The van der Waals surface area contributed by atoms with E-state index in [1.165, 1.54) is 19.3 Å². The first-order valence-corrected chi connectivity index (χ1v) is 6.87. The van der Waals surface area contributed by atoms with E-state index in [1.807, 2.05) is 6.92 Å². The second kappa shape index (κ2) is 4.40. The van der Waals surface area contributed by atoms with Crippen LogP contribution in [0.5, 0.6) is 0 Å². The lowest BCUT2D eigenvalue weighted by Crippen LogP contribution is -2.42. The summed E-state index contributed by atoms with van der Waals surface area (Å²) in [4.78, 5) is 0. The minimum Gasteiger partial charge on any atom is -0.392 e. The van der Waals surface area contributed by atoms with Gasteiger partial charge in [0, 0.05) is 0 Å². The molecule has 2 N–H and O–H groups in total. The molecule has 0 aromatic rings. The van der Waals surface area contributed by atoms with Crippen molar-refractivity contribution in [2.45, 2.75) is 59.0 Å². The van der Waals surface area contributed by atoms with Crippen LogP contribution in [0.2, 0.25) is 0 Å². The van der Waals surface area contributed by atoms with Gasteiger partial charge in [-0.1, -0.05) is 25.5 Å². The lowest BCUT2D eigenvalue weighted by Gasteiger charge is -2.41. The Kier molecular flexibility index (Phi) is 3.39. The number of hydrogen-bond acceptors (Lipinski definition) is 2. The van der Waals surface area contributed by atoms with Crippen LogP contribution in [-0.4, -0.2) is 22.9 Å². The van der Waals surface area contributed by atoms with Crippen molar-refractivity contribution in [2.24, 2.45) is 16.7 Å². The van der Waals surface area contributed by atoms with Crippen LogP contribution in [0.15, 0.2) is 11.6 Å². The third-order valence-corrected chi connectivity index (χ3v) is 5.42. The lowest BCUT2D eigenvalue weighted by molar-refractivity contribution is -0.0481. The van der Waals surface area contributed by atoms with Gasteiger partial charge in [0.25, 0.3) is 0 Å². The molecule has 2 rings (SSSR count). The average molecular weight is 238 g/mol. The third-order valence-electron chi connectivity index (χ3n) is 5.42. The van der Waals surface area contributed by atoms with Crippen LogP contribution < -0.4 is 0 Å². The number of rotatable bonds is 4. The van der Waals surface area contributed by atoms with Gasteiger partial charge in [-0.15, -0.1) is 0 Å². The molecule has 0 spiro atoms. The van der Waals surface area contributed by atoms with Crippen LogP contribution in [0.25, 0.3) is 0 Å². The lowest BCUT2D eigenvalue weighted by atomic mass is 9.66. The number of allylic oxidation sites excluding steroid dienone is 1. The van der Waals surface area contributed by atoms with E-state index in [9.17, 15) is 5.11 Å². The van der Waals surface area contributed by atoms with E-state index in [0.29, 0.717) is 5.92 Å². The topological polar surface area (TPSA) is 40.5 Å². The van der Waals surface area contributed by atoms with Crippen molar-refractivity contribution in [3.63, 3.8) is 0 Å². The maximum Gasteiger partial charge on any atom is 0.0650 e. The van der Waals surface area contributed by atoms with E-state index < -0.39 is 0 Å². The Balaban J connectivity index is 2.01. The van der Waals surface area contributed by atoms with Gasteiger partial charge >= 0.3 is 0 Å². The van der Waals surface area contributed by atoms with E-state index in [2.05, 4.69) is 19.9 Å². The van der Waals surface area contributed by atoms with Gasteiger partial charge in [-0.25, -0.2) is 0 Å². The van der Waals surface area contributed by atoms with Crippen LogP contribution in [-0.2, 0) is 0 Å². The molecule has 0 radical (unpaired) electrons. The highest BCUT2D eigenvalue weighted by Crippen LogP contribution is 2.64. The Bertz CT molecular complexity index is 323. The second-order valence-electron chi connectivity index (χ2n) is 6.75. The normalized spacial score (nSPS) is 45.6. The molecule has 0 amide bonds. The van der Waals surface area contributed by atoms with Gasteiger partial charge in [0.1, 0.15) is 0 Å². The first-order chi connectivity index (χ1) is 7.92. The smallest absolute Gasteiger partial charge is 0.0650 e. The van der Waals surface area contributed by atoms with E-state index in [-0.39, 0.29) is 23.5 Å². The Morgan fingerprint density at radius 2 is 2.12 bits per heavy atom. The molecule has 0 aliphatic heterocycles. The van der Waals surface area contributed by atoms with Gasteiger partial charge < -0.3 is 10.2 Å². The van der Waals surface area contributed by atoms with Crippen molar-refractivity contribution in [2.75, 3.05) is 6.61 Å². The first kappa shape index (κ1) is 13.1. The minimum atomic E-state index is -0.142. The molecule has 2 heteroatoms. The summed E-state index contributed by atoms with van der Waals surface area (Å²) in [6.45, 7) is 6.62. The Hall–Kier alpha value is -0.340. The Morgan fingerprint density at radius 3 is 2.65 bits per heavy atom. The zero-order chi connectivity index (χ0) is 12.7. The molecule has 1 unspecified atom stereocenters.